The van der Waals surface area contributed by atoms with Gasteiger partial charge in [-0.25, -0.2) is 13.5 Å². The minimum absolute atomic E-state index is 0.234. The number of halogens is 2. The summed E-state index contributed by atoms with van der Waals surface area (Å²) < 4.78 is 34.5. The van der Waals surface area contributed by atoms with Crippen LogP contribution in [0.2, 0.25) is 0 Å². The Morgan fingerprint density at radius 2 is 1.61 bits per heavy atom. The molecule has 220 valence electrons. The van der Waals surface area contributed by atoms with Crippen molar-refractivity contribution >= 4 is 39.9 Å². The van der Waals surface area contributed by atoms with Crippen molar-refractivity contribution < 1.29 is 22.8 Å². The second kappa shape index (κ2) is 11.2. The van der Waals surface area contributed by atoms with Crippen molar-refractivity contribution in [2.45, 2.75) is 13.0 Å². The van der Waals surface area contributed by atoms with Crippen molar-refractivity contribution in [2.24, 2.45) is 0 Å². The van der Waals surface area contributed by atoms with Gasteiger partial charge >= 0.3 is 0 Å². The smallest absolute Gasteiger partial charge is 0.278 e. The van der Waals surface area contributed by atoms with Gasteiger partial charge in [0.15, 0.2) is 0 Å². The molecule has 0 saturated heterocycles. The Labute approximate surface area is 249 Å². The Morgan fingerprint density at radius 1 is 0.955 bits per heavy atom. The van der Waals surface area contributed by atoms with Gasteiger partial charge in [-0.15, -0.1) is 5.10 Å². The van der Waals surface area contributed by atoms with Crippen molar-refractivity contribution in [3.63, 3.8) is 0 Å². The minimum atomic E-state index is -0.525. The van der Waals surface area contributed by atoms with Crippen molar-refractivity contribution in [1.82, 2.24) is 20.3 Å². The standard InChI is InChI=1S/C33H25F2N5O4/c1-18(19-4-9-22(34)10-5-19)40-33(43)25-14-21(8-13-27(25)37-38-40)24-15-26-29(16-28(24)39(3)17-41)44-31(30(26)32(42)36-2)20-6-11-23(35)12-7-20/h4-18H,1-3H3,(H,36,42)/t18-/m1/s1. The molecule has 6 aromatic rings. The van der Waals surface area contributed by atoms with Crippen LogP contribution in [0.5, 0.6) is 0 Å². The highest BCUT2D eigenvalue weighted by Gasteiger charge is 2.25. The number of aromatic nitrogens is 3. The third kappa shape index (κ3) is 4.87. The molecule has 6 rings (SSSR count). The number of nitrogens with one attached hydrogen (secondary N) is 1. The molecule has 2 amide bonds. The minimum Gasteiger partial charge on any atom is -0.455 e. The molecule has 2 aromatic heterocycles. The van der Waals surface area contributed by atoms with Gasteiger partial charge in [-0.2, -0.15) is 0 Å². The zero-order chi connectivity index (χ0) is 31.1. The van der Waals surface area contributed by atoms with E-state index in [1.165, 1.54) is 53.0 Å². The van der Waals surface area contributed by atoms with E-state index in [-0.39, 0.29) is 16.7 Å². The second-order valence-corrected chi connectivity index (χ2v) is 10.3. The molecule has 0 saturated carbocycles. The number of hydrogen-bond donors (Lipinski definition) is 1. The number of anilines is 1. The Morgan fingerprint density at radius 3 is 2.27 bits per heavy atom. The first kappa shape index (κ1) is 28.4. The summed E-state index contributed by atoms with van der Waals surface area (Å²) in [4.78, 5) is 40.1. The number of fused-ring (bicyclic) bond motifs is 2. The SMILES string of the molecule is CNC(=O)c1c(-c2ccc(F)cc2)oc2cc(N(C)C=O)c(-c3ccc4nnn([C@H](C)c5ccc(F)cc5)c(=O)c4c3)cc12. The highest BCUT2D eigenvalue weighted by Crippen LogP contribution is 2.41. The van der Waals surface area contributed by atoms with Crippen LogP contribution in [0.3, 0.4) is 0 Å². The third-order valence-corrected chi connectivity index (χ3v) is 7.62. The fraction of sp³-hybridized carbons (Fsp3) is 0.121. The molecule has 0 unspecified atom stereocenters. The summed E-state index contributed by atoms with van der Waals surface area (Å²) in [6.45, 7) is 1.77. The first-order valence-electron chi connectivity index (χ1n) is 13.6. The Hall–Kier alpha value is -5.71. The summed E-state index contributed by atoms with van der Waals surface area (Å²) in [6, 6.07) is 19.3. The fourth-order valence-corrected chi connectivity index (χ4v) is 5.23. The van der Waals surface area contributed by atoms with E-state index >= 15 is 0 Å². The zero-order valence-electron chi connectivity index (χ0n) is 23.8. The maximum atomic E-state index is 13.7. The summed E-state index contributed by atoms with van der Waals surface area (Å²) in [5.41, 5.74) is 3.26. The molecule has 9 nitrogen and oxygen atoms in total. The molecule has 0 radical (unpaired) electrons. The molecule has 2 heterocycles. The van der Waals surface area contributed by atoms with E-state index in [1.807, 2.05) is 0 Å². The number of furan rings is 1. The maximum Gasteiger partial charge on any atom is 0.278 e. The number of benzene rings is 4. The number of rotatable bonds is 7. The van der Waals surface area contributed by atoms with E-state index in [0.29, 0.717) is 50.8 Å². The van der Waals surface area contributed by atoms with E-state index in [0.717, 1.165) is 0 Å². The van der Waals surface area contributed by atoms with E-state index in [1.54, 1.807) is 56.4 Å². The molecule has 44 heavy (non-hydrogen) atoms. The summed E-state index contributed by atoms with van der Waals surface area (Å²) in [7, 11) is 3.07. The van der Waals surface area contributed by atoms with Gasteiger partial charge in [0.1, 0.15) is 28.5 Å². The lowest BCUT2D eigenvalue weighted by atomic mass is 9.97. The Kier molecular flexibility index (Phi) is 7.22. The first-order valence-corrected chi connectivity index (χ1v) is 13.6. The molecule has 0 spiro atoms. The Bertz CT molecular complexity index is 2120. The fourth-order valence-electron chi connectivity index (χ4n) is 5.23. The number of amides is 2. The molecular formula is C33H25F2N5O4. The summed E-state index contributed by atoms with van der Waals surface area (Å²) >= 11 is 0. The topological polar surface area (TPSA) is 110 Å². The lowest BCUT2D eigenvalue weighted by Crippen LogP contribution is -2.27. The average Bonchev–Trinajstić information content (AvgIpc) is 3.42. The zero-order valence-corrected chi connectivity index (χ0v) is 23.8. The van der Waals surface area contributed by atoms with Crippen LogP contribution in [0, 0.1) is 11.6 Å². The summed E-state index contributed by atoms with van der Waals surface area (Å²) in [6.07, 6.45) is 0.637. The quantitative estimate of drug-likeness (QED) is 0.238. The normalized spacial score (nSPS) is 11.9. The molecular weight excluding hydrogens is 568 g/mol. The van der Waals surface area contributed by atoms with Crippen molar-refractivity contribution in [3.05, 3.63) is 112 Å². The lowest BCUT2D eigenvalue weighted by Gasteiger charge is -2.17. The highest BCUT2D eigenvalue weighted by atomic mass is 19.1. The third-order valence-electron chi connectivity index (χ3n) is 7.62. The number of carbonyl (C=O) groups is 2. The van der Waals surface area contributed by atoms with Crippen LogP contribution < -0.4 is 15.8 Å². The molecule has 1 N–H and O–H groups in total. The van der Waals surface area contributed by atoms with E-state index in [2.05, 4.69) is 15.6 Å². The molecule has 0 aliphatic rings. The predicted molar refractivity (Wildman–Crippen MR) is 162 cm³/mol. The van der Waals surface area contributed by atoms with E-state index in [4.69, 9.17) is 4.42 Å². The van der Waals surface area contributed by atoms with Gasteiger partial charge < -0.3 is 14.6 Å². The van der Waals surface area contributed by atoms with Crippen molar-refractivity contribution in [1.29, 1.82) is 0 Å². The van der Waals surface area contributed by atoms with Gasteiger partial charge in [-0.3, -0.25) is 14.4 Å². The first-order chi connectivity index (χ1) is 21.2. The van der Waals surface area contributed by atoms with Gasteiger partial charge in [0.2, 0.25) is 6.41 Å². The molecule has 0 bridgehead atoms. The van der Waals surface area contributed by atoms with Crippen LogP contribution in [0.15, 0.2) is 88.1 Å². The predicted octanol–water partition coefficient (Wildman–Crippen LogP) is 5.71. The second-order valence-electron chi connectivity index (χ2n) is 10.3. The van der Waals surface area contributed by atoms with Crippen LogP contribution >= 0.6 is 0 Å². The molecule has 11 heteroatoms. The van der Waals surface area contributed by atoms with Gasteiger partial charge in [0.05, 0.1) is 22.7 Å². The van der Waals surface area contributed by atoms with E-state index < -0.39 is 29.1 Å². The van der Waals surface area contributed by atoms with Gasteiger partial charge in [-0.1, -0.05) is 23.4 Å². The molecule has 0 aliphatic carbocycles. The van der Waals surface area contributed by atoms with Crippen LogP contribution in [-0.2, 0) is 4.79 Å². The molecule has 0 fully saturated rings. The maximum absolute atomic E-state index is 13.7. The molecule has 1 atom stereocenters. The number of hydrogen-bond acceptors (Lipinski definition) is 6. The van der Waals surface area contributed by atoms with Gasteiger partial charge in [-0.05, 0) is 72.6 Å². The van der Waals surface area contributed by atoms with Gasteiger partial charge in [0, 0.05) is 36.7 Å². The number of nitrogens with zero attached hydrogens (tertiary/aromatic N) is 4. The summed E-state index contributed by atoms with van der Waals surface area (Å²) in [5, 5.41) is 11.7. The van der Waals surface area contributed by atoms with Gasteiger partial charge in [0.25, 0.3) is 11.5 Å². The van der Waals surface area contributed by atoms with Crippen LogP contribution in [0.25, 0.3) is 44.3 Å². The lowest BCUT2D eigenvalue weighted by molar-refractivity contribution is -0.107. The van der Waals surface area contributed by atoms with E-state index in [9.17, 15) is 23.2 Å². The monoisotopic (exact) mass is 593 g/mol. The van der Waals surface area contributed by atoms with Crippen LogP contribution in [0.4, 0.5) is 14.5 Å². The van der Waals surface area contributed by atoms with Crippen molar-refractivity contribution in [3.8, 4) is 22.5 Å². The molecule has 4 aromatic carbocycles. The van der Waals surface area contributed by atoms with Crippen molar-refractivity contribution in [2.75, 3.05) is 19.0 Å². The highest BCUT2D eigenvalue weighted by molar-refractivity contribution is 6.13. The average molecular weight is 594 g/mol. The summed E-state index contributed by atoms with van der Waals surface area (Å²) in [5.74, 6) is -1.01. The molecule has 0 aliphatic heterocycles. The largest absolute Gasteiger partial charge is 0.455 e. The number of carbonyl (C=O) groups excluding carboxylic acids is 2. The van der Waals surface area contributed by atoms with Crippen LogP contribution in [-0.4, -0.2) is 41.4 Å². The van der Waals surface area contributed by atoms with Crippen LogP contribution in [0.1, 0.15) is 28.9 Å². The Balaban J connectivity index is 1.56.